The van der Waals surface area contributed by atoms with Crippen molar-refractivity contribution in [3.63, 3.8) is 0 Å². The number of nitrogens with zero attached hydrogens (tertiary/aromatic N) is 1. The molecule has 30 heavy (non-hydrogen) atoms. The molecule has 2 amide bonds. The first-order chi connectivity index (χ1) is 13.9. The number of rotatable bonds is 3. The predicted molar refractivity (Wildman–Crippen MR) is 105 cm³/mol. The van der Waals surface area contributed by atoms with E-state index in [9.17, 15) is 22.8 Å². The standard InChI is InChI=1S/C21H26F3N3O3/c1-19(2,3)30-18(29)27-16-8-15-11-25-12-20(15,9-16)17(28)26-10-13-5-4-6-14(7-13)21(22,23)24/h4-7,15,25H,8-12H2,1-3H3,(H,26,28)/t15-,20-/m0/s1. The fourth-order valence-corrected chi connectivity index (χ4v) is 4.07. The molecule has 0 aromatic heterocycles. The van der Waals surface area contributed by atoms with Crippen LogP contribution in [0.1, 0.15) is 44.7 Å². The second-order valence-corrected chi connectivity index (χ2v) is 8.90. The molecular weight excluding hydrogens is 399 g/mol. The van der Waals surface area contributed by atoms with Gasteiger partial charge in [0, 0.05) is 25.2 Å². The summed E-state index contributed by atoms with van der Waals surface area (Å²) in [6, 6.07) is 4.90. The van der Waals surface area contributed by atoms with E-state index in [0.29, 0.717) is 37.2 Å². The molecule has 6 nitrogen and oxygen atoms in total. The molecule has 0 unspecified atom stereocenters. The van der Waals surface area contributed by atoms with Crippen LogP contribution in [-0.2, 0) is 22.3 Å². The molecular formula is C21H26F3N3O3. The van der Waals surface area contributed by atoms with Gasteiger partial charge >= 0.3 is 12.3 Å². The van der Waals surface area contributed by atoms with E-state index in [2.05, 4.69) is 15.6 Å². The molecule has 2 N–H and O–H groups in total. The van der Waals surface area contributed by atoms with Crippen LogP contribution in [0.15, 0.2) is 29.3 Å². The zero-order valence-corrected chi connectivity index (χ0v) is 17.2. The van der Waals surface area contributed by atoms with E-state index in [0.717, 1.165) is 12.1 Å². The number of nitrogens with one attached hydrogen (secondary N) is 2. The van der Waals surface area contributed by atoms with Gasteiger partial charge in [0.25, 0.3) is 0 Å². The monoisotopic (exact) mass is 425 g/mol. The van der Waals surface area contributed by atoms with Crippen molar-refractivity contribution in [3.8, 4) is 0 Å². The highest BCUT2D eigenvalue weighted by Crippen LogP contribution is 2.45. The Balaban J connectivity index is 1.68. The fraction of sp³-hybridized carbons (Fsp3) is 0.571. The molecule has 1 saturated heterocycles. The van der Waals surface area contributed by atoms with Gasteiger partial charge in [0.05, 0.1) is 11.0 Å². The largest absolute Gasteiger partial charge is 0.442 e. The van der Waals surface area contributed by atoms with Gasteiger partial charge < -0.3 is 15.4 Å². The first-order valence-electron chi connectivity index (χ1n) is 9.84. The maximum atomic E-state index is 13.0. The van der Waals surface area contributed by atoms with Crippen LogP contribution in [0.2, 0.25) is 0 Å². The number of aliphatic imine (C=N–C) groups is 1. The zero-order valence-electron chi connectivity index (χ0n) is 17.2. The molecule has 2 atom stereocenters. The second kappa shape index (κ2) is 8.02. The summed E-state index contributed by atoms with van der Waals surface area (Å²) in [7, 11) is 0. The highest BCUT2D eigenvalue weighted by atomic mass is 19.4. The van der Waals surface area contributed by atoms with Gasteiger partial charge in [-0.2, -0.15) is 18.2 Å². The van der Waals surface area contributed by atoms with Gasteiger partial charge in [-0.15, -0.1) is 0 Å². The Morgan fingerprint density at radius 3 is 2.70 bits per heavy atom. The maximum absolute atomic E-state index is 13.0. The van der Waals surface area contributed by atoms with Crippen LogP contribution in [0.3, 0.4) is 0 Å². The molecule has 2 aliphatic rings. The Hall–Kier alpha value is -2.42. The fourth-order valence-electron chi connectivity index (χ4n) is 4.07. The smallest absolute Gasteiger partial charge is 0.434 e. The molecule has 9 heteroatoms. The van der Waals surface area contributed by atoms with Gasteiger partial charge in [0.1, 0.15) is 5.60 Å². The lowest BCUT2D eigenvalue weighted by atomic mass is 9.79. The molecule has 1 saturated carbocycles. The minimum Gasteiger partial charge on any atom is -0.442 e. The van der Waals surface area contributed by atoms with Gasteiger partial charge in [0.15, 0.2) is 0 Å². The summed E-state index contributed by atoms with van der Waals surface area (Å²) >= 11 is 0. The lowest BCUT2D eigenvalue weighted by Crippen LogP contribution is -2.44. The number of hydrogen-bond donors (Lipinski definition) is 2. The number of carbonyl (C=O) groups excluding carboxylic acids is 2. The lowest BCUT2D eigenvalue weighted by Gasteiger charge is -2.26. The number of benzene rings is 1. The summed E-state index contributed by atoms with van der Waals surface area (Å²) in [6.45, 7) is 6.29. The first-order valence-corrected chi connectivity index (χ1v) is 9.84. The highest BCUT2D eigenvalue weighted by Gasteiger charge is 2.54. The topological polar surface area (TPSA) is 79.8 Å². The van der Waals surface area contributed by atoms with E-state index in [-0.39, 0.29) is 18.4 Å². The lowest BCUT2D eigenvalue weighted by molar-refractivity contribution is -0.137. The Morgan fingerprint density at radius 1 is 1.30 bits per heavy atom. The number of alkyl halides is 3. The third-order valence-corrected chi connectivity index (χ3v) is 5.42. The zero-order chi connectivity index (χ0) is 22.2. The molecule has 1 aromatic rings. The number of fused-ring (bicyclic) bond motifs is 1. The maximum Gasteiger partial charge on any atom is 0.434 e. The van der Waals surface area contributed by atoms with Crippen molar-refractivity contribution in [2.24, 2.45) is 16.3 Å². The van der Waals surface area contributed by atoms with Crippen LogP contribution in [0, 0.1) is 11.3 Å². The Kier molecular flexibility index (Phi) is 5.95. The molecule has 1 aromatic carbocycles. The van der Waals surface area contributed by atoms with Crippen molar-refractivity contribution >= 4 is 17.7 Å². The van der Waals surface area contributed by atoms with Crippen LogP contribution in [-0.4, -0.2) is 36.4 Å². The van der Waals surface area contributed by atoms with Crippen molar-refractivity contribution in [3.05, 3.63) is 35.4 Å². The minimum atomic E-state index is -4.43. The summed E-state index contributed by atoms with van der Waals surface area (Å²) in [4.78, 5) is 29.1. The first kappa shape index (κ1) is 22.3. The third kappa shape index (κ3) is 5.00. The SMILES string of the molecule is CC(C)(C)OC(=O)N=C1C[C@H]2CNC[C@@]2(C(=O)NCc2cccc(C(F)(F)F)c2)C1. The third-order valence-electron chi connectivity index (χ3n) is 5.42. The number of hydrogen-bond acceptors (Lipinski definition) is 4. The summed E-state index contributed by atoms with van der Waals surface area (Å²) in [5.41, 5.74) is -1.18. The minimum absolute atomic E-state index is 0.00420. The summed E-state index contributed by atoms with van der Waals surface area (Å²) in [6.07, 6.45) is -4.29. The van der Waals surface area contributed by atoms with Gasteiger partial charge in [0.2, 0.25) is 5.91 Å². The molecule has 3 rings (SSSR count). The van der Waals surface area contributed by atoms with E-state index in [1.165, 1.54) is 6.07 Å². The van der Waals surface area contributed by atoms with Crippen LogP contribution in [0.4, 0.5) is 18.0 Å². The second-order valence-electron chi connectivity index (χ2n) is 8.90. The summed E-state index contributed by atoms with van der Waals surface area (Å²) in [5, 5.41) is 5.98. The Bertz CT molecular complexity index is 861. The Morgan fingerprint density at radius 2 is 2.03 bits per heavy atom. The van der Waals surface area contributed by atoms with Crippen molar-refractivity contribution < 1.29 is 27.5 Å². The average molecular weight is 425 g/mol. The van der Waals surface area contributed by atoms with E-state index < -0.39 is 28.8 Å². The average Bonchev–Trinajstić information content (AvgIpc) is 3.15. The quantitative estimate of drug-likeness (QED) is 0.774. The van der Waals surface area contributed by atoms with Gasteiger partial charge in [-0.1, -0.05) is 12.1 Å². The van der Waals surface area contributed by atoms with Crippen molar-refractivity contribution in [1.82, 2.24) is 10.6 Å². The molecule has 1 aliphatic carbocycles. The van der Waals surface area contributed by atoms with E-state index in [4.69, 9.17) is 4.74 Å². The molecule has 0 radical (unpaired) electrons. The molecule has 1 aliphatic heterocycles. The number of carbonyl (C=O) groups is 2. The predicted octanol–water partition coefficient (Wildman–Crippen LogP) is 3.70. The number of ether oxygens (including phenoxy) is 1. The van der Waals surface area contributed by atoms with E-state index in [1.807, 2.05) is 0 Å². The van der Waals surface area contributed by atoms with Crippen LogP contribution in [0.25, 0.3) is 0 Å². The van der Waals surface area contributed by atoms with Gasteiger partial charge in [-0.3, -0.25) is 4.79 Å². The molecule has 1 heterocycles. The van der Waals surface area contributed by atoms with Gasteiger partial charge in [-0.25, -0.2) is 4.79 Å². The Labute approximate surface area is 173 Å². The van der Waals surface area contributed by atoms with Crippen LogP contribution >= 0.6 is 0 Å². The molecule has 164 valence electrons. The van der Waals surface area contributed by atoms with E-state index in [1.54, 1.807) is 26.8 Å². The molecule has 0 bridgehead atoms. The van der Waals surface area contributed by atoms with Crippen molar-refractivity contribution in [2.45, 2.75) is 51.9 Å². The number of halogens is 3. The van der Waals surface area contributed by atoms with Crippen LogP contribution < -0.4 is 10.6 Å². The number of amides is 2. The van der Waals surface area contributed by atoms with Crippen molar-refractivity contribution in [2.75, 3.05) is 13.1 Å². The normalized spacial score (nSPS) is 25.3. The van der Waals surface area contributed by atoms with Gasteiger partial charge in [-0.05, 0) is 57.4 Å². The summed E-state index contributed by atoms with van der Waals surface area (Å²) in [5.74, 6) is -0.274. The van der Waals surface area contributed by atoms with Crippen molar-refractivity contribution in [1.29, 1.82) is 0 Å². The molecule has 2 fully saturated rings. The summed E-state index contributed by atoms with van der Waals surface area (Å²) < 4.78 is 43.9. The highest BCUT2D eigenvalue weighted by molar-refractivity contribution is 6.01. The molecule has 0 spiro atoms. The van der Waals surface area contributed by atoms with E-state index >= 15 is 0 Å². The van der Waals surface area contributed by atoms with Crippen LogP contribution in [0.5, 0.6) is 0 Å².